The number of nitrogens with two attached hydrogens (primary N) is 1. The van der Waals surface area contributed by atoms with Crippen molar-refractivity contribution in [1.29, 1.82) is 0 Å². The fraction of sp³-hybridized carbons (Fsp3) is 0.250. The molecule has 2 aromatic carbocycles. The fourth-order valence-corrected chi connectivity index (χ4v) is 2.38. The molecule has 1 atom stereocenters. The van der Waals surface area contributed by atoms with Crippen molar-refractivity contribution in [3.63, 3.8) is 0 Å². The number of methoxy groups -OCH3 is 1. The van der Waals surface area contributed by atoms with Crippen LogP contribution in [0.15, 0.2) is 42.5 Å². The number of aryl methyl sites for hydroxylation is 1. The van der Waals surface area contributed by atoms with Gasteiger partial charge in [-0.25, -0.2) is 0 Å². The minimum Gasteiger partial charge on any atom is -0.496 e. The monoisotopic (exact) mass is 290 g/mol. The van der Waals surface area contributed by atoms with E-state index in [4.69, 9.17) is 22.2 Å². The molecule has 3 N–H and O–H groups in total. The lowest BCUT2D eigenvalue weighted by Crippen LogP contribution is -2.30. The normalized spacial score (nSPS) is 12.2. The highest BCUT2D eigenvalue weighted by Gasteiger charge is 2.16. The fourth-order valence-electron chi connectivity index (χ4n) is 2.20. The summed E-state index contributed by atoms with van der Waals surface area (Å²) in [6.45, 7) is 2.07. The van der Waals surface area contributed by atoms with Gasteiger partial charge in [-0.2, -0.15) is 0 Å². The lowest BCUT2D eigenvalue weighted by molar-refractivity contribution is 0.399. The average molecular weight is 291 g/mol. The maximum Gasteiger partial charge on any atom is 0.123 e. The Kier molecular flexibility index (Phi) is 5.01. The van der Waals surface area contributed by atoms with E-state index >= 15 is 0 Å². The Hall–Kier alpha value is -1.55. The Bertz CT molecular complexity index is 569. The van der Waals surface area contributed by atoms with Crippen LogP contribution in [-0.2, 0) is 6.42 Å². The molecule has 3 nitrogen and oxygen atoms in total. The van der Waals surface area contributed by atoms with Crippen LogP contribution in [0.2, 0.25) is 5.02 Å². The van der Waals surface area contributed by atoms with Gasteiger partial charge in [0.15, 0.2) is 0 Å². The summed E-state index contributed by atoms with van der Waals surface area (Å²) in [6, 6.07) is 13.9. The standard InChI is InChI=1S/C16H19ClN2O/c1-11-3-5-12(6-4-11)9-15(19-18)14-10-13(17)7-8-16(14)20-2/h3-8,10,15,19H,9,18H2,1-2H3. The first-order valence-electron chi connectivity index (χ1n) is 6.49. The van der Waals surface area contributed by atoms with Crippen LogP contribution in [0.25, 0.3) is 0 Å². The van der Waals surface area contributed by atoms with Crippen molar-refractivity contribution in [3.05, 3.63) is 64.2 Å². The van der Waals surface area contributed by atoms with Crippen LogP contribution in [0.1, 0.15) is 22.7 Å². The summed E-state index contributed by atoms with van der Waals surface area (Å²) in [5.74, 6) is 6.49. The first kappa shape index (κ1) is 14.9. The quantitative estimate of drug-likeness (QED) is 0.655. The summed E-state index contributed by atoms with van der Waals surface area (Å²) in [5, 5.41) is 0.671. The van der Waals surface area contributed by atoms with E-state index in [1.807, 2.05) is 18.2 Å². The third kappa shape index (κ3) is 3.51. The van der Waals surface area contributed by atoms with Gasteiger partial charge in [0.2, 0.25) is 0 Å². The smallest absolute Gasteiger partial charge is 0.123 e. The van der Waals surface area contributed by atoms with Crippen LogP contribution in [-0.4, -0.2) is 7.11 Å². The lowest BCUT2D eigenvalue weighted by atomic mass is 9.98. The van der Waals surface area contributed by atoms with Gasteiger partial charge in [-0.05, 0) is 37.1 Å². The molecule has 0 saturated heterocycles. The van der Waals surface area contributed by atoms with E-state index < -0.39 is 0 Å². The van der Waals surface area contributed by atoms with Gasteiger partial charge in [-0.3, -0.25) is 11.3 Å². The van der Waals surface area contributed by atoms with Crippen molar-refractivity contribution in [2.24, 2.45) is 5.84 Å². The molecule has 20 heavy (non-hydrogen) atoms. The number of ether oxygens (including phenoxy) is 1. The molecule has 4 heteroatoms. The molecule has 0 amide bonds. The summed E-state index contributed by atoms with van der Waals surface area (Å²) >= 11 is 6.07. The number of rotatable bonds is 5. The number of hydrogen-bond acceptors (Lipinski definition) is 3. The van der Waals surface area contributed by atoms with Gasteiger partial charge in [0.05, 0.1) is 13.2 Å². The molecule has 2 aromatic rings. The van der Waals surface area contributed by atoms with Crippen molar-refractivity contribution in [2.45, 2.75) is 19.4 Å². The summed E-state index contributed by atoms with van der Waals surface area (Å²) in [7, 11) is 1.65. The molecular weight excluding hydrogens is 272 g/mol. The molecule has 0 aliphatic carbocycles. The highest BCUT2D eigenvalue weighted by molar-refractivity contribution is 6.30. The van der Waals surface area contributed by atoms with Crippen molar-refractivity contribution in [2.75, 3.05) is 7.11 Å². The SMILES string of the molecule is COc1ccc(Cl)cc1C(Cc1ccc(C)cc1)NN. The molecule has 0 radical (unpaired) electrons. The molecular formula is C16H19ClN2O. The van der Waals surface area contributed by atoms with Crippen LogP contribution in [0.5, 0.6) is 5.75 Å². The Morgan fingerprint density at radius 2 is 1.90 bits per heavy atom. The molecule has 1 unspecified atom stereocenters. The Morgan fingerprint density at radius 1 is 1.20 bits per heavy atom. The zero-order valence-corrected chi connectivity index (χ0v) is 12.4. The minimum atomic E-state index is -0.0497. The molecule has 0 heterocycles. The van der Waals surface area contributed by atoms with E-state index in [-0.39, 0.29) is 6.04 Å². The van der Waals surface area contributed by atoms with Gasteiger partial charge in [-0.1, -0.05) is 41.4 Å². The summed E-state index contributed by atoms with van der Waals surface area (Å²) in [6.07, 6.45) is 0.771. The van der Waals surface area contributed by atoms with E-state index in [0.29, 0.717) is 5.02 Å². The van der Waals surface area contributed by atoms with Gasteiger partial charge in [0.25, 0.3) is 0 Å². The van der Waals surface area contributed by atoms with Crippen LogP contribution >= 0.6 is 11.6 Å². The second-order valence-corrected chi connectivity index (χ2v) is 5.23. The highest BCUT2D eigenvalue weighted by Crippen LogP contribution is 2.30. The number of hydrazine groups is 1. The van der Waals surface area contributed by atoms with Crippen molar-refractivity contribution < 1.29 is 4.74 Å². The number of hydrogen-bond donors (Lipinski definition) is 2. The first-order chi connectivity index (χ1) is 9.63. The Morgan fingerprint density at radius 3 is 2.50 bits per heavy atom. The van der Waals surface area contributed by atoms with Gasteiger partial charge in [0, 0.05) is 10.6 Å². The zero-order valence-electron chi connectivity index (χ0n) is 11.7. The second kappa shape index (κ2) is 6.75. The largest absolute Gasteiger partial charge is 0.496 e. The predicted octanol–water partition coefficient (Wildman–Crippen LogP) is 3.40. The highest BCUT2D eigenvalue weighted by atomic mass is 35.5. The van der Waals surface area contributed by atoms with E-state index in [2.05, 4.69) is 36.6 Å². The average Bonchev–Trinajstić information content (AvgIpc) is 2.46. The maximum absolute atomic E-state index is 6.07. The van der Waals surface area contributed by atoms with Crippen LogP contribution in [0, 0.1) is 6.92 Å². The molecule has 2 rings (SSSR count). The summed E-state index contributed by atoms with van der Waals surface area (Å²) in [4.78, 5) is 0. The number of halogens is 1. The molecule has 0 saturated carbocycles. The maximum atomic E-state index is 6.07. The van der Waals surface area contributed by atoms with Gasteiger partial charge in [-0.15, -0.1) is 0 Å². The van der Waals surface area contributed by atoms with Crippen LogP contribution in [0.3, 0.4) is 0 Å². The Balaban J connectivity index is 2.28. The summed E-state index contributed by atoms with van der Waals surface area (Å²) < 4.78 is 5.39. The van der Waals surface area contributed by atoms with Gasteiger partial charge < -0.3 is 4.74 Å². The molecule has 106 valence electrons. The van der Waals surface area contributed by atoms with Crippen LogP contribution < -0.4 is 16.0 Å². The third-order valence-electron chi connectivity index (χ3n) is 3.33. The van der Waals surface area contributed by atoms with Crippen molar-refractivity contribution in [3.8, 4) is 5.75 Å². The zero-order chi connectivity index (χ0) is 14.5. The predicted molar refractivity (Wildman–Crippen MR) is 83.0 cm³/mol. The second-order valence-electron chi connectivity index (χ2n) is 4.80. The molecule has 0 fully saturated rings. The molecule has 0 aliphatic rings. The van der Waals surface area contributed by atoms with Gasteiger partial charge >= 0.3 is 0 Å². The van der Waals surface area contributed by atoms with E-state index in [9.17, 15) is 0 Å². The third-order valence-corrected chi connectivity index (χ3v) is 3.56. The molecule has 0 bridgehead atoms. The molecule has 0 spiro atoms. The van der Waals surface area contributed by atoms with Crippen molar-refractivity contribution >= 4 is 11.6 Å². The van der Waals surface area contributed by atoms with E-state index in [1.54, 1.807) is 7.11 Å². The number of nitrogens with one attached hydrogen (secondary N) is 1. The Labute approximate surface area is 124 Å². The lowest BCUT2D eigenvalue weighted by Gasteiger charge is -2.19. The summed E-state index contributed by atoms with van der Waals surface area (Å²) in [5.41, 5.74) is 6.26. The van der Waals surface area contributed by atoms with Crippen LogP contribution in [0.4, 0.5) is 0 Å². The van der Waals surface area contributed by atoms with E-state index in [1.165, 1.54) is 11.1 Å². The van der Waals surface area contributed by atoms with E-state index in [0.717, 1.165) is 17.7 Å². The molecule has 0 aromatic heterocycles. The first-order valence-corrected chi connectivity index (χ1v) is 6.87. The molecule has 0 aliphatic heterocycles. The van der Waals surface area contributed by atoms with Gasteiger partial charge in [0.1, 0.15) is 5.75 Å². The van der Waals surface area contributed by atoms with Crippen molar-refractivity contribution in [1.82, 2.24) is 5.43 Å². The topological polar surface area (TPSA) is 47.3 Å². The minimum absolute atomic E-state index is 0.0497. The number of benzene rings is 2.